The first-order chi connectivity index (χ1) is 18.0. The van der Waals surface area contributed by atoms with Gasteiger partial charge in [0.2, 0.25) is 11.8 Å². The average molecular weight is 522 g/mol. The van der Waals surface area contributed by atoms with Gasteiger partial charge in [0.05, 0.1) is 19.8 Å². The Morgan fingerprint density at radius 3 is 2.11 bits per heavy atom. The van der Waals surface area contributed by atoms with Crippen molar-refractivity contribution in [2.24, 2.45) is 0 Å². The van der Waals surface area contributed by atoms with E-state index in [-0.39, 0.29) is 43.8 Å². The van der Waals surface area contributed by atoms with E-state index in [1.54, 1.807) is 24.3 Å². The average Bonchev–Trinajstić information content (AvgIpc) is 2.90. The number of carbonyl (C=O) groups excluding carboxylic acids is 3. The lowest BCUT2D eigenvalue weighted by Gasteiger charge is -2.19. The molecule has 0 fully saturated rings. The topological polar surface area (TPSA) is 126 Å². The van der Waals surface area contributed by atoms with Crippen molar-refractivity contribution in [3.05, 3.63) is 29.8 Å². The number of carbonyl (C=O) groups is 3. The normalized spacial score (nSPS) is 11.5. The number of hydrogen-bond acceptors (Lipinski definition) is 6. The molecule has 1 unspecified atom stereocenters. The van der Waals surface area contributed by atoms with E-state index < -0.39 is 6.04 Å². The summed E-state index contributed by atoms with van der Waals surface area (Å²) in [5, 5.41) is 17.3. The Kier molecular flexibility index (Phi) is 18.8. The summed E-state index contributed by atoms with van der Waals surface area (Å²) in [5.74, 6) is -0.190. The number of hydrogen-bond donors (Lipinski definition) is 4. The second kappa shape index (κ2) is 21.4. The summed E-state index contributed by atoms with van der Waals surface area (Å²) in [5.41, 5.74) is 0.394. The van der Waals surface area contributed by atoms with Crippen LogP contribution in [0, 0.1) is 0 Å². The van der Waals surface area contributed by atoms with Gasteiger partial charge in [-0.2, -0.15) is 0 Å². The van der Waals surface area contributed by atoms with Crippen molar-refractivity contribution in [3.8, 4) is 5.75 Å². The van der Waals surface area contributed by atoms with E-state index in [9.17, 15) is 14.4 Å². The molecule has 0 saturated carbocycles. The summed E-state index contributed by atoms with van der Waals surface area (Å²) in [6.07, 6.45) is 8.83. The van der Waals surface area contributed by atoms with Crippen molar-refractivity contribution < 1.29 is 29.0 Å². The molecule has 4 N–H and O–H groups in total. The minimum absolute atomic E-state index is 0.0363. The number of unbranched alkanes of at least 4 members (excludes halogenated alkanes) is 6. The maximum atomic E-state index is 12.9. The predicted octanol–water partition coefficient (Wildman–Crippen LogP) is 3.35. The summed E-state index contributed by atoms with van der Waals surface area (Å²) in [6, 6.07) is 5.80. The molecule has 1 aromatic carbocycles. The Bertz CT molecular complexity index is 757. The number of benzene rings is 1. The fraction of sp³-hybridized carbons (Fsp3) is 0.679. The van der Waals surface area contributed by atoms with Crippen LogP contribution in [0.3, 0.4) is 0 Å². The monoisotopic (exact) mass is 521 g/mol. The van der Waals surface area contributed by atoms with Crippen LogP contribution in [0.2, 0.25) is 0 Å². The van der Waals surface area contributed by atoms with Gasteiger partial charge in [0, 0.05) is 25.1 Å². The molecule has 0 bridgehead atoms. The molecule has 0 radical (unpaired) electrons. The molecule has 37 heavy (non-hydrogen) atoms. The first-order valence-corrected chi connectivity index (χ1v) is 13.8. The van der Waals surface area contributed by atoms with Crippen molar-refractivity contribution >= 4 is 17.7 Å². The number of rotatable bonds is 22. The maximum Gasteiger partial charge on any atom is 0.251 e. The van der Waals surface area contributed by atoms with Crippen LogP contribution in [0.25, 0.3) is 0 Å². The molecule has 3 amide bonds. The highest BCUT2D eigenvalue weighted by molar-refractivity contribution is 5.97. The van der Waals surface area contributed by atoms with E-state index in [4.69, 9.17) is 14.6 Å². The summed E-state index contributed by atoms with van der Waals surface area (Å²) in [7, 11) is 0. The minimum Gasteiger partial charge on any atom is -0.491 e. The van der Waals surface area contributed by atoms with E-state index in [0.717, 1.165) is 51.4 Å². The molecular weight excluding hydrogens is 474 g/mol. The molecule has 1 aromatic rings. The minimum atomic E-state index is -0.802. The fourth-order valence-electron chi connectivity index (χ4n) is 3.63. The van der Waals surface area contributed by atoms with Gasteiger partial charge in [-0.3, -0.25) is 14.4 Å². The quantitative estimate of drug-likeness (QED) is 0.173. The third-order valence-electron chi connectivity index (χ3n) is 5.81. The molecule has 1 rings (SSSR count). The van der Waals surface area contributed by atoms with Gasteiger partial charge in [-0.15, -0.1) is 0 Å². The van der Waals surface area contributed by atoms with Crippen LogP contribution >= 0.6 is 0 Å². The van der Waals surface area contributed by atoms with Crippen LogP contribution in [0.1, 0.15) is 88.4 Å². The van der Waals surface area contributed by atoms with Crippen molar-refractivity contribution in [2.45, 2.75) is 84.1 Å². The molecule has 0 aliphatic rings. The lowest BCUT2D eigenvalue weighted by atomic mass is 10.1. The number of amides is 3. The van der Waals surface area contributed by atoms with Crippen LogP contribution in [0.5, 0.6) is 5.75 Å². The number of ether oxygens (including phenoxy) is 2. The molecule has 0 aliphatic heterocycles. The van der Waals surface area contributed by atoms with Crippen molar-refractivity contribution in [1.29, 1.82) is 0 Å². The zero-order valence-electron chi connectivity index (χ0n) is 22.7. The third-order valence-corrected chi connectivity index (χ3v) is 5.81. The molecular formula is C28H47N3O6. The zero-order chi connectivity index (χ0) is 27.1. The van der Waals surface area contributed by atoms with Crippen molar-refractivity contribution in [1.82, 2.24) is 16.0 Å². The number of nitrogens with one attached hydrogen (secondary N) is 3. The van der Waals surface area contributed by atoms with Crippen LogP contribution in [0.15, 0.2) is 24.3 Å². The summed E-state index contributed by atoms with van der Waals surface area (Å²) in [4.78, 5) is 38.0. The number of aliphatic hydroxyl groups is 1. The zero-order valence-corrected chi connectivity index (χ0v) is 22.7. The third kappa shape index (κ3) is 15.9. The summed E-state index contributed by atoms with van der Waals surface area (Å²) in [6.45, 7) is 6.34. The van der Waals surface area contributed by atoms with Crippen LogP contribution in [-0.2, 0) is 14.3 Å². The molecule has 1 atom stereocenters. The van der Waals surface area contributed by atoms with E-state index in [2.05, 4.69) is 29.8 Å². The molecule has 9 nitrogen and oxygen atoms in total. The van der Waals surface area contributed by atoms with Crippen LogP contribution in [-0.4, -0.2) is 68.4 Å². The molecule has 0 aliphatic carbocycles. The molecule has 210 valence electrons. The van der Waals surface area contributed by atoms with Gasteiger partial charge in [0.1, 0.15) is 18.4 Å². The van der Waals surface area contributed by atoms with E-state index in [1.165, 1.54) is 0 Å². The van der Waals surface area contributed by atoms with Crippen molar-refractivity contribution in [2.75, 3.05) is 39.5 Å². The Hall–Kier alpha value is -2.65. The second-order valence-corrected chi connectivity index (χ2v) is 9.04. The highest BCUT2D eigenvalue weighted by Gasteiger charge is 2.22. The lowest BCUT2D eigenvalue weighted by molar-refractivity contribution is -0.124. The number of aliphatic hydroxyl groups excluding tert-OH is 1. The first-order valence-electron chi connectivity index (χ1n) is 13.8. The van der Waals surface area contributed by atoms with Gasteiger partial charge in [0.25, 0.3) is 5.91 Å². The molecule has 0 aromatic heterocycles. The van der Waals surface area contributed by atoms with Crippen molar-refractivity contribution in [3.63, 3.8) is 0 Å². The SMILES string of the molecule is CCCCCCNC(=O)CCC(NC(=O)c1ccc(OCCOCCO)cc1)C(=O)NCCCCCC. The van der Waals surface area contributed by atoms with Gasteiger partial charge >= 0.3 is 0 Å². The second-order valence-electron chi connectivity index (χ2n) is 9.04. The van der Waals surface area contributed by atoms with Gasteiger partial charge in [-0.05, 0) is 43.5 Å². The van der Waals surface area contributed by atoms with Gasteiger partial charge < -0.3 is 30.5 Å². The van der Waals surface area contributed by atoms with Crippen LogP contribution < -0.4 is 20.7 Å². The largest absolute Gasteiger partial charge is 0.491 e. The Morgan fingerprint density at radius 2 is 1.49 bits per heavy atom. The summed E-state index contributed by atoms with van der Waals surface area (Å²) >= 11 is 0. The Balaban J connectivity index is 2.61. The highest BCUT2D eigenvalue weighted by Crippen LogP contribution is 2.13. The molecule has 0 saturated heterocycles. The van der Waals surface area contributed by atoms with E-state index in [1.807, 2.05) is 0 Å². The fourth-order valence-corrected chi connectivity index (χ4v) is 3.63. The van der Waals surface area contributed by atoms with Crippen LogP contribution in [0.4, 0.5) is 0 Å². The molecule has 9 heteroatoms. The predicted molar refractivity (Wildman–Crippen MR) is 145 cm³/mol. The van der Waals surface area contributed by atoms with E-state index in [0.29, 0.717) is 37.6 Å². The van der Waals surface area contributed by atoms with Gasteiger partial charge in [0.15, 0.2) is 0 Å². The van der Waals surface area contributed by atoms with E-state index >= 15 is 0 Å². The van der Waals surface area contributed by atoms with Gasteiger partial charge in [-0.1, -0.05) is 52.4 Å². The van der Waals surface area contributed by atoms with Gasteiger partial charge in [-0.25, -0.2) is 0 Å². The maximum absolute atomic E-state index is 12.9. The highest BCUT2D eigenvalue weighted by atomic mass is 16.5. The Morgan fingerprint density at radius 1 is 0.838 bits per heavy atom. The lowest BCUT2D eigenvalue weighted by Crippen LogP contribution is -2.47. The summed E-state index contributed by atoms with van der Waals surface area (Å²) < 4.78 is 10.7. The Labute approximate surface area is 222 Å². The smallest absolute Gasteiger partial charge is 0.251 e. The molecule has 0 spiro atoms. The first kappa shape index (κ1) is 32.4. The standard InChI is InChI=1S/C28H47N3O6/c1-3-5-7-9-17-29-26(33)16-15-25(28(35)30-18-10-8-6-4-2)31-27(34)23-11-13-24(14-12-23)37-22-21-36-20-19-32/h11-14,25,32H,3-10,15-22H2,1-2H3,(H,29,33)(H,30,35)(H,31,34). The molecule has 0 heterocycles.